The second kappa shape index (κ2) is 5.30. The van der Waals surface area contributed by atoms with E-state index in [0.717, 1.165) is 24.0 Å². The fourth-order valence-electron chi connectivity index (χ4n) is 2.26. The summed E-state index contributed by atoms with van der Waals surface area (Å²) < 4.78 is 5.46. The Morgan fingerprint density at radius 1 is 1.47 bits per heavy atom. The molecule has 104 valence electrons. The van der Waals surface area contributed by atoms with E-state index in [9.17, 15) is 5.11 Å². The van der Waals surface area contributed by atoms with E-state index in [4.69, 9.17) is 4.74 Å². The first-order valence-corrected chi connectivity index (χ1v) is 6.84. The van der Waals surface area contributed by atoms with Crippen LogP contribution < -0.4 is 10.2 Å². The quantitative estimate of drug-likeness (QED) is 0.828. The van der Waals surface area contributed by atoms with Crippen molar-refractivity contribution in [3.63, 3.8) is 0 Å². The van der Waals surface area contributed by atoms with Gasteiger partial charge in [0.15, 0.2) is 0 Å². The van der Waals surface area contributed by atoms with E-state index in [-0.39, 0.29) is 12.7 Å². The van der Waals surface area contributed by atoms with Crippen molar-refractivity contribution in [1.82, 2.24) is 9.97 Å². The van der Waals surface area contributed by atoms with Crippen molar-refractivity contribution in [2.24, 2.45) is 0 Å². The molecule has 0 bridgehead atoms. The van der Waals surface area contributed by atoms with Crippen molar-refractivity contribution in [2.45, 2.75) is 31.9 Å². The van der Waals surface area contributed by atoms with Gasteiger partial charge < -0.3 is 20.1 Å². The molecule has 6 heteroatoms. The monoisotopic (exact) mass is 264 g/mol. The fourth-order valence-corrected chi connectivity index (χ4v) is 2.26. The standard InChI is InChI=1S/C13H20N4O2/c1-9-14-12(16-10-2-3-10)6-13(15-9)17-4-5-19-11(7-17)8-18/h6,10-11,18H,2-5,7-8H2,1H3,(H,14,15,16). The number of nitrogens with one attached hydrogen (secondary N) is 1. The van der Waals surface area contributed by atoms with Gasteiger partial charge >= 0.3 is 0 Å². The highest BCUT2D eigenvalue weighted by Gasteiger charge is 2.24. The summed E-state index contributed by atoms with van der Waals surface area (Å²) in [5.41, 5.74) is 0. The predicted octanol–water partition coefficient (Wildman–Crippen LogP) is 0.557. The van der Waals surface area contributed by atoms with Gasteiger partial charge in [-0.3, -0.25) is 0 Å². The number of hydrogen-bond acceptors (Lipinski definition) is 6. The molecule has 1 saturated heterocycles. The van der Waals surface area contributed by atoms with Gasteiger partial charge in [-0.2, -0.15) is 0 Å². The molecule has 0 spiro atoms. The third-order valence-corrected chi connectivity index (χ3v) is 3.42. The summed E-state index contributed by atoms with van der Waals surface area (Å²) in [6.45, 7) is 4.06. The Hall–Kier alpha value is -1.40. The molecule has 6 nitrogen and oxygen atoms in total. The Morgan fingerprint density at radius 3 is 3.05 bits per heavy atom. The summed E-state index contributed by atoms with van der Waals surface area (Å²) in [4.78, 5) is 11.1. The summed E-state index contributed by atoms with van der Waals surface area (Å²) >= 11 is 0. The van der Waals surface area contributed by atoms with Crippen molar-refractivity contribution in [1.29, 1.82) is 0 Å². The van der Waals surface area contributed by atoms with Gasteiger partial charge in [0.2, 0.25) is 0 Å². The number of aliphatic hydroxyl groups excluding tert-OH is 1. The Morgan fingerprint density at radius 2 is 2.32 bits per heavy atom. The average Bonchev–Trinajstić information content (AvgIpc) is 3.22. The van der Waals surface area contributed by atoms with E-state index in [1.54, 1.807) is 0 Å². The number of aryl methyl sites for hydroxylation is 1. The van der Waals surface area contributed by atoms with Crippen molar-refractivity contribution in [3.8, 4) is 0 Å². The Bertz CT molecular complexity index is 450. The molecular weight excluding hydrogens is 244 g/mol. The summed E-state index contributed by atoms with van der Waals surface area (Å²) in [5.74, 6) is 2.59. The molecule has 0 amide bonds. The van der Waals surface area contributed by atoms with Gasteiger partial charge in [0.25, 0.3) is 0 Å². The lowest BCUT2D eigenvalue weighted by Gasteiger charge is -2.33. The van der Waals surface area contributed by atoms with Crippen LogP contribution in [-0.2, 0) is 4.74 Å². The van der Waals surface area contributed by atoms with Crippen LogP contribution in [0.3, 0.4) is 0 Å². The van der Waals surface area contributed by atoms with E-state index in [0.29, 0.717) is 19.2 Å². The molecule has 1 aromatic heterocycles. The molecule has 0 radical (unpaired) electrons. The molecule has 2 fully saturated rings. The van der Waals surface area contributed by atoms with Crippen LogP contribution in [0.4, 0.5) is 11.6 Å². The normalized spacial score (nSPS) is 23.5. The zero-order chi connectivity index (χ0) is 13.2. The minimum atomic E-state index is -0.121. The maximum Gasteiger partial charge on any atom is 0.134 e. The Labute approximate surface area is 112 Å². The van der Waals surface area contributed by atoms with Crippen molar-refractivity contribution in [3.05, 3.63) is 11.9 Å². The molecule has 1 atom stereocenters. The van der Waals surface area contributed by atoms with Gasteiger partial charge in [-0.15, -0.1) is 0 Å². The second-order valence-electron chi connectivity index (χ2n) is 5.20. The molecule has 2 N–H and O–H groups in total. The van der Waals surface area contributed by atoms with Crippen LogP contribution >= 0.6 is 0 Å². The van der Waals surface area contributed by atoms with Crippen LogP contribution in [0.15, 0.2) is 6.07 Å². The molecule has 0 aromatic carbocycles. The summed E-state index contributed by atoms with van der Waals surface area (Å²) in [7, 11) is 0. The zero-order valence-electron chi connectivity index (χ0n) is 11.2. The highest BCUT2D eigenvalue weighted by atomic mass is 16.5. The smallest absolute Gasteiger partial charge is 0.134 e. The predicted molar refractivity (Wildman–Crippen MR) is 72.5 cm³/mol. The number of morpholine rings is 1. The summed E-state index contributed by atoms with van der Waals surface area (Å²) in [6.07, 6.45) is 2.33. The van der Waals surface area contributed by atoms with Crippen LogP contribution in [0.25, 0.3) is 0 Å². The topological polar surface area (TPSA) is 70.5 Å². The number of hydrogen-bond donors (Lipinski definition) is 2. The van der Waals surface area contributed by atoms with E-state index < -0.39 is 0 Å². The van der Waals surface area contributed by atoms with Crippen LogP contribution in [0.2, 0.25) is 0 Å². The molecule has 1 aliphatic carbocycles. The van der Waals surface area contributed by atoms with Crippen LogP contribution in [0, 0.1) is 6.92 Å². The van der Waals surface area contributed by atoms with Crippen molar-refractivity contribution < 1.29 is 9.84 Å². The Balaban J connectivity index is 1.76. The van der Waals surface area contributed by atoms with Gasteiger partial charge in [-0.25, -0.2) is 9.97 Å². The summed E-state index contributed by atoms with van der Waals surface area (Å²) in [5, 5.41) is 12.6. The lowest BCUT2D eigenvalue weighted by atomic mass is 10.3. The molecule has 1 aliphatic heterocycles. The van der Waals surface area contributed by atoms with Gasteiger partial charge in [-0.05, 0) is 19.8 Å². The van der Waals surface area contributed by atoms with Crippen LogP contribution in [0.5, 0.6) is 0 Å². The summed E-state index contributed by atoms with van der Waals surface area (Å²) in [6, 6.07) is 2.57. The van der Waals surface area contributed by atoms with E-state index >= 15 is 0 Å². The van der Waals surface area contributed by atoms with Gasteiger partial charge in [0, 0.05) is 25.2 Å². The highest BCUT2D eigenvalue weighted by Crippen LogP contribution is 2.25. The minimum absolute atomic E-state index is 0.0494. The second-order valence-corrected chi connectivity index (χ2v) is 5.20. The van der Waals surface area contributed by atoms with Gasteiger partial charge in [0.1, 0.15) is 17.5 Å². The first kappa shape index (κ1) is 12.6. The lowest BCUT2D eigenvalue weighted by Crippen LogP contribution is -2.44. The number of ether oxygens (including phenoxy) is 1. The number of nitrogens with zero attached hydrogens (tertiary/aromatic N) is 3. The van der Waals surface area contributed by atoms with E-state index in [2.05, 4.69) is 20.2 Å². The molecule has 2 aliphatic rings. The molecule has 19 heavy (non-hydrogen) atoms. The van der Waals surface area contributed by atoms with Crippen molar-refractivity contribution in [2.75, 3.05) is 36.5 Å². The minimum Gasteiger partial charge on any atom is -0.394 e. The third kappa shape index (κ3) is 3.13. The van der Waals surface area contributed by atoms with Crippen LogP contribution in [0.1, 0.15) is 18.7 Å². The van der Waals surface area contributed by atoms with E-state index in [1.165, 1.54) is 12.8 Å². The average molecular weight is 264 g/mol. The first-order chi connectivity index (χ1) is 9.24. The molecule has 1 aromatic rings. The molecule has 1 saturated carbocycles. The SMILES string of the molecule is Cc1nc(NC2CC2)cc(N2CCOC(CO)C2)n1. The number of anilines is 2. The first-order valence-electron chi connectivity index (χ1n) is 6.84. The van der Waals surface area contributed by atoms with Crippen molar-refractivity contribution >= 4 is 11.6 Å². The zero-order valence-corrected chi connectivity index (χ0v) is 11.2. The number of rotatable bonds is 4. The largest absolute Gasteiger partial charge is 0.394 e. The van der Waals surface area contributed by atoms with Gasteiger partial charge in [0.05, 0.1) is 19.3 Å². The van der Waals surface area contributed by atoms with Gasteiger partial charge in [-0.1, -0.05) is 0 Å². The number of aromatic nitrogens is 2. The molecule has 1 unspecified atom stereocenters. The Kier molecular flexibility index (Phi) is 3.52. The maximum absolute atomic E-state index is 9.20. The van der Waals surface area contributed by atoms with Crippen LogP contribution in [-0.4, -0.2) is 53.5 Å². The third-order valence-electron chi connectivity index (χ3n) is 3.42. The maximum atomic E-state index is 9.20. The van der Waals surface area contributed by atoms with E-state index in [1.807, 2.05) is 13.0 Å². The lowest BCUT2D eigenvalue weighted by molar-refractivity contribution is 0.00335. The molecular formula is C13H20N4O2. The fraction of sp³-hybridized carbons (Fsp3) is 0.692. The molecule has 2 heterocycles. The number of aliphatic hydroxyl groups is 1. The highest BCUT2D eigenvalue weighted by molar-refractivity contribution is 5.50. The molecule has 3 rings (SSSR count).